The van der Waals surface area contributed by atoms with Crippen LogP contribution in [-0.2, 0) is 9.47 Å². The van der Waals surface area contributed by atoms with E-state index in [1.807, 2.05) is 18.2 Å². The normalized spacial score (nSPS) is 31.1. The highest BCUT2D eigenvalue weighted by Crippen LogP contribution is 2.41. The second kappa shape index (κ2) is 3.95. The summed E-state index contributed by atoms with van der Waals surface area (Å²) in [5.41, 5.74) is 1.20. The van der Waals surface area contributed by atoms with Gasteiger partial charge < -0.3 is 9.47 Å². The van der Waals surface area contributed by atoms with Crippen LogP contribution in [0.5, 0.6) is 0 Å². The minimum Gasteiger partial charge on any atom is -0.467 e. The van der Waals surface area contributed by atoms with Gasteiger partial charge in [-0.15, -0.1) is 0 Å². The average Bonchev–Trinajstić information content (AvgIpc) is 2.92. The van der Waals surface area contributed by atoms with E-state index < -0.39 is 0 Å². The van der Waals surface area contributed by atoms with Gasteiger partial charge in [-0.05, 0) is 18.1 Å². The fourth-order valence-corrected chi connectivity index (χ4v) is 2.44. The quantitative estimate of drug-likeness (QED) is 0.716. The van der Waals surface area contributed by atoms with E-state index in [0.717, 1.165) is 38.0 Å². The Hall–Kier alpha value is -1.28. The van der Waals surface area contributed by atoms with Crippen molar-refractivity contribution in [3.8, 4) is 0 Å². The van der Waals surface area contributed by atoms with Gasteiger partial charge in [0, 0.05) is 19.3 Å². The molecule has 2 heterocycles. The Labute approximate surface area is 95.9 Å². The lowest BCUT2D eigenvalue weighted by Gasteiger charge is -2.21. The molecule has 2 nitrogen and oxygen atoms in total. The monoisotopic (exact) mass is 216 g/mol. The molecule has 0 aromatic heterocycles. The van der Waals surface area contributed by atoms with Gasteiger partial charge in [-0.3, -0.25) is 0 Å². The number of allylic oxidation sites excluding steroid dienone is 1. The third-order valence-electron chi connectivity index (χ3n) is 3.26. The predicted molar refractivity (Wildman–Crippen MR) is 62.7 cm³/mol. The summed E-state index contributed by atoms with van der Waals surface area (Å²) in [7, 11) is 0. The Morgan fingerprint density at radius 1 is 1.12 bits per heavy atom. The average molecular weight is 216 g/mol. The molecule has 0 N–H and O–H groups in total. The smallest absolute Gasteiger partial charge is 0.210 e. The molecule has 2 fully saturated rings. The first-order valence-electron chi connectivity index (χ1n) is 5.95. The molecule has 2 aliphatic heterocycles. The summed E-state index contributed by atoms with van der Waals surface area (Å²) in [5, 5.41) is 0. The number of hydrogen-bond donors (Lipinski definition) is 0. The third-order valence-corrected chi connectivity index (χ3v) is 3.26. The van der Waals surface area contributed by atoms with E-state index in [2.05, 4.69) is 18.2 Å². The standard InChI is InChI=1S/C14H16O2/c1-2-5-12(6-3-1)11-13-7-9-14(16-13)8-4-10-15-14/h1-3,5-6,11H,4,7-10H2/b13-11-. The Morgan fingerprint density at radius 3 is 2.75 bits per heavy atom. The molecule has 3 rings (SSSR count). The first-order chi connectivity index (χ1) is 7.86. The summed E-state index contributed by atoms with van der Waals surface area (Å²) in [6.07, 6.45) is 6.29. The zero-order chi connectivity index (χ0) is 10.8. The van der Waals surface area contributed by atoms with Crippen molar-refractivity contribution >= 4 is 6.08 Å². The summed E-state index contributed by atoms with van der Waals surface area (Å²) in [6.45, 7) is 0.846. The zero-order valence-corrected chi connectivity index (χ0v) is 9.32. The summed E-state index contributed by atoms with van der Waals surface area (Å²) < 4.78 is 11.7. The second-order valence-electron chi connectivity index (χ2n) is 4.49. The van der Waals surface area contributed by atoms with Crippen LogP contribution in [-0.4, -0.2) is 12.4 Å². The Balaban J connectivity index is 1.76. The van der Waals surface area contributed by atoms with E-state index >= 15 is 0 Å². The van der Waals surface area contributed by atoms with E-state index in [1.165, 1.54) is 5.56 Å². The molecule has 1 atom stereocenters. The lowest BCUT2D eigenvalue weighted by Crippen LogP contribution is -2.24. The van der Waals surface area contributed by atoms with E-state index in [0.29, 0.717) is 0 Å². The van der Waals surface area contributed by atoms with Crippen LogP contribution in [0.4, 0.5) is 0 Å². The molecule has 0 saturated carbocycles. The van der Waals surface area contributed by atoms with Crippen molar-refractivity contribution in [2.24, 2.45) is 0 Å². The summed E-state index contributed by atoms with van der Waals surface area (Å²) in [5.74, 6) is 0.786. The molecule has 0 radical (unpaired) electrons. The molecule has 0 bridgehead atoms. The van der Waals surface area contributed by atoms with Gasteiger partial charge in [-0.1, -0.05) is 30.3 Å². The molecular weight excluding hydrogens is 200 g/mol. The molecule has 2 saturated heterocycles. The molecule has 84 valence electrons. The maximum absolute atomic E-state index is 5.95. The van der Waals surface area contributed by atoms with Crippen LogP contribution < -0.4 is 0 Å². The van der Waals surface area contributed by atoms with E-state index in [4.69, 9.17) is 9.47 Å². The molecular formula is C14H16O2. The largest absolute Gasteiger partial charge is 0.467 e. The Morgan fingerprint density at radius 2 is 2.00 bits per heavy atom. The fraction of sp³-hybridized carbons (Fsp3) is 0.429. The molecule has 1 unspecified atom stereocenters. The number of hydrogen-bond acceptors (Lipinski definition) is 2. The van der Waals surface area contributed by atoms with Crippen LogP contribution in [0, 0.1) is 0 Å². The van der Waals surface area contributed by atoms with E-state index in [-0.39, 0.29) is 5.79 Å². The highest BCUT2D eigenvalue weighted by molar-refractivity contribution is 5.51. The van der Waals surface area contributed by atoms with Gasteiger partial charge in [0.15, 0.2) is 0 Å². The van der Waals surface area contributed by atoms with Gasteiger partial charge in [0.25, 0.3) is 0 Å². The van der Waals surface area contributed by atoms with Gasteiger partial charge in [-0.25, -0.2) is 0 Å². The maximum atomic E-state index is 5.95. The molecule has 2 heteroatoms. The van der Waals surface area contributed by atoms with Crippen molar-refractivity contribution < 1.29 is 9.47 Å². The van der Waals surface area contributed by atoms with Crippen LogP contribution in [0.2, 0.25) is 0 Å². The summed E-state index contributed by atoms with van der Waals surface area (Å²) in [6, 6.07) is 10.3. The topological polar surface area (TPSA) is 18.5 Å². The van der Waals surface area contributed by atoms with Crippen LogP contribution in [0.25, 0.3) is 6.08 Å². The van der Waals surface area contributed by atoms with Crippen LogP contribution in [0.1, 0.15) is 31.2 Å². The lowest BCUT2D eigenvalue weighted by atomic mass is 10.1. The fourth-order valence-electron chi connectivity index (χ4n) is 2.44. The van der Waals surface area contributed by atoms with Gasteiger partial charge in [0.1, 0.15) is 5.76 Å². The van der Waals surface area contributed by atoms with Crippen molar-refractivity contribution in [3.05, 3.63) is 41.7 Å². The Bertz CT molecular complexity index is 388. The SMILES string of the molecule is C(=C1\CCC2(CCCO2)O1)/c1ccccc1. The number of rotatable bonds is 1. The molecule has 1 spiro atoms. The van der Waals surface area contributed by atoms with Crippen molar-refractivity contribution in [1.29, 1.82) is 0 Å². The lowest BCUT2D eigenvalue weighted by molar-refractivity contribution is -0.161. The predicted octanol–water partition coefficient (Wildman–Crippen LogP) is 3.34. The van der Waals surface area contributed by atoms with Gasteiger partial charge in [-0.2, -0.15) is 0 Å². The second-order valence-corrected chi connectivity index (χ2v) is 4.49. The molecule has 16 heavy (non-hydrogen) atoms. The molecule has 1 aromatic carbocycles. The van der Waals surface area contributed by atoms with Crippen molar-refractivity contribution in [3.63, 3.8) is 0 Å². The minimum absolute atomic E-state index is 0.277. The number of benzene rings is 1. The van der Waals surface area contributed by atoms with Crippen molar-refractivity contribution in [2.45, 2.75) is 31.5 Å². The van der Waals surface area contributed by atoms with Gasteiger partial charge >= 0.3 is 0 Å². The summed E-state index contributed by atoms with van der Waals surface area (Å²) in [4.78, 5) is 0. The van der Waals surface area contributed by atoms with E-state index in [1.54, 1.807) is 0 Å². The van der Waals surface area contributed by atoms with Gasteiger partial charge in [0.2, 0.25) is 5.79 Å². The Kier molecular flexibility index (Phi) is 2.44. The highest BCUT2D eigenvalue weighted by atomic mass is 16.7. The highest BCUT2D eigenvalue weighted by Gasteiger charge is 2.42. The maximum Gasteiger partial charge on any atom is 0.210 e. The molecule has 0 amide bonds. The van der Waals surface area contributed by atoms with Crippen LogP contribution >= 0.6 is 0 Å². The van der Waals surface area contributed by atoms with E-state index in [9.17, 15) is 0 Å². The number of ether oxygens (including phenoxy) is 2. The first-order valence-corrected chi connectivity index (χ1v) is 5.95. The van der Waals surface area contributed by atoms with Crippen LogP contribution in [0.3, 0.4) is 0 Å². The minimum atomic E-state index is -0.277. The van der Waals surface area contributed by atoms with Gasteiger partial charge in [0.05, 0.1) is 6.61 Å². The summed E-state index contributed by atoms with van der Waals surface area (Å²) >= 11 is 0. The van der Waals surface area contributed by atoms with Crippen molar-refractivity contribution in [2.75, 3.05) is 6.61 Å². The molecule has 0 aliphatic carbocycles. The molecule has 2 aliphatic rings. The third kappa shape index (κ3) is 1.85. The molecule has 1 aromatic rings. The zero-order valence-electron chi connectivity index (χ0n) is 9.32. The van der Waals surface area contributed by atoms with Crippen molar-refractivity contribution in [1.82, 2.24) is 0 Å². The first kappa shape index (κ1) is 9.91. The van der Waals surface area contributed by atoms with Crippen LogP contribution in [0.15, 0.2) is 36.1 Å².